The van der Waals surface area contributed by atoms with Crippen molar-refractivity contribution in [1.29, 1.82) is 0 Å². The van der Waals surface area contributed by atoms with E-state index in [-0.39, 0.29) is 36.7 Å². The lowest BCUT2D eigenvalue weighted by molar-refractivity contribution is -0.130. The summed E-state index contributed by atoms with van der Waals surface area (Å²) in [5.41, 5.74) is 5.91. The summed E-state index contributed by atoms with van der Waals surface area (Å²) in [5.74, 6) is 0.153. The van der Waals surface area contributed by atoms with Crippen LogP contribution in [-0.2, 0) is 14.8 Å². The first-order valence-corrected chi connectivity index (χ1v) is 8.16. The Morgan fingerprint density at radius 1 is 1.25 bits per heavy atom. The molecule has 1 amide bonds. The van der Waals surface area contributed by atoms with Crippen molar-refractivity contribution in [1.82, 2.24) is 9.21 Å². The minimum absolute atomic E-state index is 0. The van der Waals surface area contributed by atoms with Crippen LogP contribution in [0.15, 0.2) is 0 Å². The average Bonchev–Trinajstić information content (AvgIpc) is 2.34. The van der Waals surface area contributed by atoms with Gasteiger partial charge in [-0.2, -0.15) is 4.31 Å². The van der Waals surface area contributed by atoms with Crippen LogP contribution in [0.1, 0.15) is 27.2 Å². The molecule has 0 saturated carbocycles. The van der Waals surface area contributed by atoms with Crippen molar-refractivity contribution in [2.75, 3.05) is 32.9 Å². The van der Waals surface area contributed by atoms with Gasteiger partial charge in [-0.3, -0.25) is 4.79 Å². The lowest BCUT2D eigenvalue weighted by Gasteiger charge is -2.23. The highest BCUT2D eigenvalue weighted by Gasteiger charge is 2.20. The molecule has 0 radical (unpaired) electrons. The van der Waals surface area contributed by atoms with Crippen molar-refractivity contribution >= 4 is 28.3 Å². The van der Waals surface area contributed by atoms with Gasteiger partial charge in [0.2, 0.25) is 15.9 Å². The zero-order valence-electron chi connectivity index (χ0n) is 13.0. The number of amides is 1. The Kier molecular flexibility index (Phi) is 10.5. The van der Waals surface area contributed by atoms with Gasteiger partial charge in [0.25, 0.3) is 0 Å². The van der Waals surface area contributed by atoms with Crippen LogP contribution >= 0.6 is 12.4 Å². The lowest BCUT2D eigenvalue weighted by Crippen LogP contribution is -2.41. The fourth-order valence-corrected chi connectivity index (χ4v) is 2.18. The lowest BCUT2D eigenvalue weighted by atomic mass is 10.0. The normalized spacial score (nSPS) is 13.2. The molecule has 0 saturated heterocycles. The second kappa shape index (κ2) is 9.55. The van der Waals surface area contributed by atoms with Gasteiger partial charge >= 0.3 is 0 Å². The molecule has 20 heavy (non-hydrogen) atoms. The zero-order valence-corrected chi connectivity index (χ0v) is 14.6. The fourth-order valence-electron chi connectivity index (χ4n) is 1.43. The van der Waals surface area contributed by atoms with E-state index in [2.05, 4.69) is 0 Å². The molecule has 0 rings (SSSR count). The Morgan fingerprint density at radius 3 is 2.15 bits per heavy atom. The Bertz CT molecular complexity index is 387. The average molecular weight is 330 g/mol. The van der Waals surface area contributed by atoms with Crippen molar-refractivity contribution < 1.29 is 13.2 Å². The number of hydrogen-bond acceptors (Lipinski definition) is 4. The first kappa shape index (κ1) is 21.9. The van der Waals surface area contributed by atoms with Crippen LogP contribution in [0.5, 0.6) is 0 Å². The number of carbonyl (C=O) groups is 1. The van der Waals surface area contributed by atoms with Gasteiger partial charge in [-0.25, -0.2) is 8.42 Å². The first-order valence-electron chi connectivity index (χ1n) is 6.55. The van der Waals surface area contributed by atoms with Crippen molar-refractivity contribution in [3.05, 3.63) is 0 Å². The Hall–Kier alpha value is -0.370. The molecule has 0 spiro atoms. The third kappa shape index (κ3) is 7.42. The third-order valence-electron chi connectivity index (χ3n) is 3.28. The molecule has 6 nitrogen and oxygen atoms in total. The summed E-state index contributed by atoms with van der Waals surface area (Å²) in [7, 11) is -0.221. The van der Waals surface area contributed by atoms with Gasteiger partial charge < -0.3 is 10.6 Å². The molecule has 0 aromatic heterocycles. The van der Waals surface area contributed by atoms with Crippen LogP contribution in [0, 0.1) is 5.92 Å². The van der Waals surface area contributed by atoms with E-state index in [1.54, 1.807) is 14.0 Å². The molecule has 0 aliphatic carbocycles. The number of likely N-dealkylation sites (N-methyl/N-ethyl adjacent to an activating group) is 2. The topological polar surface area (TPSA) is 83.7 Å². The molecule has 0 aromatic rings. The van der Waals surface area contributed by atoms with Crippen molar-refractivity contribution in [2.45, 2.75) is 33.2 Å². The minimum Gasteiger partial charge on any atom is -0.345 e. The number of sulfonamides is 1. The van der Waals surface area contributed by atoms with Crippen molar-refractivity contribution in [3.63, 3.8) is 0 Å². The van der Waals surface area contributed by atoms with Crippen LogP contribution in [0.2, 0.25) is 0 Å². The highest BCUT2D eigenvalue weighted by atomic mass is 35.5. The zero-order chi connectivity index (χ0) is 15.2. The predicted octanol–water partition coefficient (Wildman–Crippen LogP) is 0.522. The molecule has 8 heteroatoms. The minimum atomic E-state index is -3.31. The molecule has 0 aromatic carbocycles. The van der Waals surface area contributed by atoms with E-state index in [4.69, 9.17) is 5.73 Å². The monoisotopic (exact) mass is 329 g/mol. The number of nitrogens with zero attached hydrogens (tertiary/aromatic N) is 2. The van der Waals surface area contributed by atoms with E-state index in [9.17, 15) is 13.2 Å². The second-order valence-corrected chi connectivity index (χ2v) is 7.53. The van der Waals surface area contributed by atoms with Crippen molar-refractivity contribution in [3.8, 4) is 0 Å². The maximum Gasteiger partial charge on any atom is 0.237 e. The molecule has 1 atom stereocenters. The summed E-state index contributed by atoms with van der Waals surface area (Å²) in [4.78, 5) is 13.4. The molecule has 0 aliphatic rings. The van der Waals surface area contributed by atoms with Gasteiger partial charge in [-0.1, -0.05) is 13.8 Å². The Balaban J connectivity index is 0. The summed E-state index contributed by atoms with van der Waals surface area (Å²) in [6.45, 7) is 6.05. The third-order valence-corrected chi connectivity index (χ3v) is 5.09. The molecular formula is C12H28ClN3O3S. The van der Waals surface area contributed by atoms with E-state index in [1.165, 1.54) is 11.9 Å². The molecule has 0 heterocycles. The summed E-state index contributed by atoms with van der Waals surface area (Å²) < 4.78 is 24.2. The van der Waals surface area contributed by atoms with Crippen LogP contribution in [-0.4, -0.2) is 62.5 Å². The molecule has 2 N–H and O–H groups in total. The van der Waals surface area contributed by atoms with Crippen LogP contribution < -0.4 is 5.73 Å². The van der Waals surface area contributed by atoms with Gasteiger partial charge in [0.15, 0.2) is 0 Å². The van der Waals surface area contributed by atoms with Gasteiger partial charge in [0, 0.05) is 26.7 Å². The molecule has 0 aliphatic heterocycles. The summed E-state index contributed by atoms with van der Waals surface area (Å²) >= 11 is 0. The Morgan fingerprint density at radius 2 is 1.75 bits per heavy atom. The fraction of sp³-hybridized carbons (Fsp3) is 0.917. The van der Waals surface area contributed by atoms with E-state index in [0.717, 1.165) is 4.31 Å². The smallest absolute Gasteiger partial charge is 0.237 e. The summed E-state index contributed by atoms with van der Waals surface area (Å²) in [5, 5.41) is 0. The predicted molar refractivity (Wildman–Crippen MR) is 84.4 cm³/mol. The molecule has 122 valence electrons. The summed E-state index contributed by atoms with van der Waals surface area (Å²) in [6.07, 6.45) is 0.712. The quantitative estimate of drug-likeness (QED) is 0.703. The van der Waals surface area contributed by atoms with Crippen LogP contribution in [0.3, 0.4) is 0 Å². The van der Waals surface area contributed by atoms with Crippen LogP contribution in [0.25, 0.3) is 0 Å². The van der Waals surface area contributed by atoms with Gasteiger partial charge in [0.05, 0.1) is 12.3 Å². The molecular weight excluding hydrogens is 302 g/mol. The standard InChI is InChI=1S/C12H27N3O3S.ClH/c1-6-19(17,18)15(5)9-12(16)14(4)8-7-11(13)10(2)3;/h10-11H,6-9,13H2,1-5H3;1H. The number of nitrogens with two attached hydrogens (primary N) is 1. The first-order chi connectivity index (χ1) is 8.61. The van der Waals surface area contributed by atoms with Gasteiger partial charge in [-0.15, -0.1) is 12.4 Å². The van der Waals surface area contributed by atoms with E-state index in [0.29, 0.717) is 18.9 Å². The number of carbonyl (C=O) groups excluding carboxylic acids is 1. The summed E-state index contributed by atoms with van der Waals surface area (Å²) in [6, 6.07) is 0.0485. The molecule has 1 unspecified atom stereocenters. The van der Waals surface area contributed by atoms with E-state index in [1.807, 2.05) is 13.8 Å². The van der Waals surface area contributed by atoms with Gasteiger partial charge in [-0.05, 0) is 19.3 Å². The maximum atomic E-state index is 11.9. The largest absolute Gasteiger partial charge is 0.345 e. The van der Waals surface area contributed by atoms with Crippen LogP contribution in [0.4, 0.5) is 0 Å². The SMILES string of the molecule is CCS(=O)(=O)N(C)CC(=O)N(C)CCC(N)C(C)C.Cl. The Labute approximate surface area is 129 Å². The van der Waals surface area contributed by atoms with E-state index >= 15 is 0 Å². The number of hydrogen-bond donors (Lipinski definition) is 1. The van der Waals surface area contributed by atoms with E-state index < -0.39 is 10.0 Å². The highest BCUT2D eigenvalue weighted by molar-refractivity contribution is 7.89. The maximum absolute atomic E-state index is 11.9. The second-order valence-electron chi connectivity index (χ2n) is 5.17. The molecule has 0 fully saturated rings. The number of rotatable bonds is 8. The van der Waals surface area contributed by atoms with Gasteiger partial charge in [0.1, 0.15) is 0 Å². The van der Waals surface area contributed by atoms with Crippen molar-refractivity contribution in [2.24, 2.45) is 11.7 Å². The highest BCUT2D eigenvalue weighted by Crippen LogP contribution is 2.04. The molecule has 0 bridgehead atoms. The number of halogens is 1.